The summed E-state index contributed by atoms with van der Waals surface area (Å²) in [6, 6.07) is 22.3. The zero-order valence-corrected chi connectivity index (χ0v) is 22.7. The van der Waals surface area contributed by atoms with Gasteiger partial charge in [-0.05, 0) is 77.7 Å². The highest BCUT2D eigenvalue weighted by Crippen LogP contribution is 2.33. The van der Waals surface area contributed by atoms with Crippen molar-refractivity contribution in [1.82, 2.24) is 35.5 Å². The lowest BCUT2D eigenvalue weighted by atomic mass is 10.1. The van der Waals surface area contributed by atoms with Gasteiger partial charge in [0.2, 0.25) is 0 Å². The van der Waals surface area contributed by atoms with Crippen LogP contribution < -0.4 is 5.32 Å². The van der Waals surface area contributed by atoms with E-state index >= 15 is 0 Å². The number of H-pyrrole nitrogens is 2. The standard InChI is InChI=1S/C34H29N7/c1-4-24(20-26(5-2)37-22(3)19-23-9-7-6-8-10-23)29-11-12-30-32(38-29)33(41-40-30)31-21-28-27(15-18-36-34(28)39-31)25-13-16-35-17-14-25/h4-18,20-21,37H,2-3,19H2,1H3,(H,36,39)(H,40,41)/b24-4+,26-20+. The number of fused-ring (bicyclic) bond motifs is 2. The summed E-state index contributed by atoms with van der Waals surface area (Å²) in [4.78, 5) is 17.2. The second-order valence-corrected chi connectivity index (χ2v) is 9.64. The molecule has 0 unspecified atom stereocenters. The first-order valence-electron chi connectivity index (χ1n) is 13.4. The van der Waals surface area contributed by atoms with Crippen LogP contribution in [0.2, 0.25) is 0 Å². The largest absolute Gasteiger partial charge is 0.359 e. The Bertz CT molecular complexity index is 1930. The van der Waals surface area contributed by atoms with Gasteiger partial charge in [-0.3, -0.25) is 10.1 Å². The highest BCUT2D eigenvalue weighted by Gasteiger charge is 2.16. The lowest BCUT2D eigenvalue weighted by Crippen LogP contribution is -2.12. The average Bonchev–Trinajstić information content (AvgIpc) is 3.64. The van der Waals surface area contributed by atoms with Crippen molar-refractivity contribution in [1.29, 1.82) is 0 Å². The molecule has 3 N–H and O–H groups in total. The van der Waals surface area contributed by atoms with Crippen molar-refractivity contribution in [2.75, 3.05) is 0 Å². The zero-order chi connectivity index (χ0) is 28.2. The van der Waals surface area contributed by atoms with Crippen LogP contribution in [0.3, 0.4) is 0 Å². The second-order valence-electron chi connectivity index (χ2n) is 9.64. The number of nitrogens with zero attached hydrogens (tertiary/aromatic N) is 4. The predicted molar refractivity (Wildman–Crippen MR) is 167 cm³/mol. The number of nitrogens with one attached hydrogen (secondary N) is 3. The molecule has 5 heterocycles. The van der Waals surface area contributed by atoms with E-state index in [-0.39, 0.29) is 0 Å². The predicted octanol–water partition coefficient (Wildman–Crippen LogP) is 7.38. The van der Waals surface area contributed by atoms with E-state index in [2.05, 4.69) is 61.8 Å². The number of rotatable bonds is 9. The maximum absolute atomic E-state index is 5.03. The Hall–Kier alpha value is -5.56. The molecule has 0 spiro atoms. The summed E-state index contributed by atoms with van der Waals surface area (Å²) in [7, 11) is 0. The number of hydrogen-bond donors (Lipinski definition) is 3. The van der Waals surface area contributed by atoms with E-state index in [1.54, 1.807) is 18.5 Å². The Labute approximate surface area is 238 Å². The molecule has 0 radical (unpaired) electrons. The molecule has 0 bridgehead atoms. The topological polar surface area (TPSA) is 95.2 Å². The van der Waals surface area contributed by atoms with E-state index in [0.717, 1.165) is 73.7 Å². The van der Waals surface area contributed by atoms with Crippen LogP contribution in [0.25, 0.3) is 50.2 Å². The molecule has 0 saturated carbocycles. The Morgan fingerprint density at radius 2 is 1.83 bits per heavy atom. The van der Waals surface area contributed by atoms with Gasteiger partial charge < -0.3 is 10.3 Å². The van der Waals surface area contributed by atoms with E-state index in [9.17, 15) is 0 Å². The van der Waals surface area contributed by atoms with Crippen molar-refractivity contribution < 1.29 is 0 Å². The van der Waals surface area contributed by atoms with E-state index in [0.29, 0.717) is 0 Å². The molecule has 1 aromatic carbocycles. The van der Waals surface area contributed by atoms with Crippen molar-refractivity contribution in [3.8, 4) is 22.5 Å². The van der Waals surface area contributed by atoms with Crippen molar-refractivity contribution in [2.45, 2.75) is 13.3 Å². The van der Waals surface area contributed by atoms with Crippen molar-refractivity contribution in [3.05, 3.63) is 139 Å². The van der Waals surface area contributed by atoms with Crippen LogP contribution in [-0.4, -0.2) is 30.1 Å². The lowest BCUT2D eigenvalue weighted by molar-refractivity contribution is 0.942. The highest BCUT2D eigenvalue weighted by molar-refractivity contribution is 5.99. The van der Waals surface area contributed by atoms with Gasteiger partial charge in [-0.25, -0.2) is 9.97 Å². The first kappa shape index (κ1) is 25.7. The highest BCUT2D eigenvalue weighted by atomic mass is 15.1. The van der Waals surface area contributed by atoms with Crippen LogP contribution in [0.15, 0.2) is 128 Å². The molecule has 0 amide bonds. The molecule has 5 aromatic heterocycles. The molecular weight excluding hydrogens is 506 g/mol. The third-order valence-electron chi connectivity index (χ3n) is 6.91. The smallest absolute Gasteiger partial charge is 0.138 e. The molecule has 0 aliphatic heterocycles. The Morgan fingerprint density at radius 3 is 2.61 bits per heavy atom. The molecule has 0 atom stereocenters. The van der Waals surface area contributed by atoms with Gasteiger partial charge >= 0.3 is 0 Å². The van der Waals surface area contributed by atoms with Gasteiger partial charge in [0.25, 0.3) is 0 Å². The van der Waals surface area contributed by atoms with Crippen LogP contribution in [-0.2, 0) is 6.42 Å². The Morgan fingerprint density at radius 1 is 1.00 bits per heavy atom. The summed E-state index contributed by atoms with van der Waals surface area (Å²) in [6.07, 6.45) is 12.0. The minimum absolute atomic E-state index is 0.724. The van der Waals surface area contributed by atoms with Crippen molar-refractivity contribution in [2.24, 2.45) is 0 Å². The zero-order valence-electron chi connectivity index (χ0n) is 22.7. The molecule has 0 fully saturated rings. The number of benzene rings is 1. The molecule has 0 saturated heterocycles. The van der Waals surface area contributed by atoms with Gasteiger partial charge in [0.15, 0.2) is 0 Å². The Balaban J connectivity index is 1.32. The molecule has 6 rings (SSSR count). The van der Waals surface area contributed by atoms with Crippen LogP contribution >= 0.6 is 0 Å². The Kier molecular flexibility index (Phi) is 7.07. The minimum Gasteiger partial charge on any atom is -0.359 e. The summed E-state index contributed by atoms with van der Waals surface area (Å²) < 4.78 is 0. The summed E-state index contributed by atoms with van der Waals surface area (Å²) in [5, 5.41) is 12.1. The minimum atomic E-state index is 0.724. The fourth-order valence-corrected chi connectivity index (χ4v) is 4.89. The van der Waals surface area contributed by atoms with Crippen molar-refractivity contribution >= 4 is 27.6 Å². The number of hydrogen-bond acceptors (Lipinski definition) is 5. The molecule has 0 aliphatic rings. The van der Waals surface area contributed by atoms with Crippen LogP contribution in [0.5, 0.6) is 0 Å². The van der Waals surface area contributed by atoms with Gasteiger partial charge in [-0.1, -0.05) is 49.6 Å². The van der Waals surface area contributed by atoms with Gasteiger partial charge in [0.05, 0.1) is 16.9 Å². The van der Waals surface area contributed by atoms with Crippen LogP contribution in [0, 0.1) is 0 Å². The number of aromatic amines is 2. The summed E-state index contributed by atoms with van der Waals surface area (Å²) in [5.74, 6) is 0. The third kappa shape index (κ3) is 5.33. The summed E-state index contributed by atoms with van der Waals surface area (Å²) in [6.45, 7) is 10.2. The maximum Gasteiger partial charge on any atom is 0.138 e. The molecule has 41 heavy (non-hydrogen) atoms. The fourth-order valence-electron chi connectivity index (χ4n) is 4.89. The van der Waals surface area contributed by atoms with E-state index in [1.807, 2.05) is 73.8 Å². The van der Waals surface area contributed by atoms with Gasteiger partial charge in [0, 0.05) is 41.8 Å². The molecular formula is C34H29N7. The van der Waals surface area contributed by atoms with E-state index in [4.69, 9.17) is 4.98 Å². The quantitative estimate of drug-likeness (QED) is 0.168. The molecule has 0 aliphatic carbocycles. The molecule has 6 aromatic rings. The first-order valence-corrected chi connectivity index (χ1v) is 13.4. The normalized spacial score (nSPS) is 12.1. The number of pyridine rings is 3. The van der Waals surface area contributed by atoms with Gasteiger partial charge in [-0.15, -0.1) is 0 Å². The van der Waals surface area contributed by atoms with Crippen molar-refractivity contribution in [3.63, 3.8) is 0 Å². The molecule has 7 nitrogen and oxygen atoms in total. The van der Waals surface area contributed by atoms with Gasteiger partial charge in [0.1, 0.15) is 16.9 Å². The van der Waals surface area contributed by atoms with Crippen LogP contribution in [0.4, 0.5) is 0 Å². The molecule has 7 heteroatoms. The summed E-state index contributed by atoms with van der Waals surface area (Å²) in [5.41, 5.74) is 10.8. The number of allylic oxidation sites excluding steroid dienone is 5. The van der Waals surface area contributed by atoms with Crippen LogP contribution in [0.1, 0.15) is 18.2 Å². The van der Waals surface area contributed by atoms with Gasteiger partial charge in [-0.2, -0.15) is 5.10 Å². The maximum atomic E-state index is 5.03. The summed E-state index contributed by atoms with van der Waals surface area (Å²) >= 11 is 0. The lowest BCUT2D eigenvalue weighted by Gasteiger charge is -2.12. The second kappa shape index (κ2) is 11.3. The monoisotopic (exact) mass is 535 g/mol. The van der Waals surface area contributed by atoms with E-state index in [1.165, 1.54) is 5.56 Å². The molecule has 200 valence electrons. The third-order valence-corrected chi connectivity index (χ3v) is 6.91. The first-order chi connectivity index (χ1) is 20.1. The SMILES string of the molecule is C=C/C(=C\C(=C/C)c1ccc2[nH]nc(-c3cc4c(-c5ccncc5)ccnc4[nH]3)c2n1)NC(=C)Cc1ccccc1. The average molecular weight is 536 g/mol. The fraction of sp³-hybridized carbons (Fsp3) is 0.0588. The number of aromatic nitrogens is 6. The van der Waals surface area contributed by atoms with E-state index < -0.39 is 0 Å².